The number of aromatic nitrogens is 1. The van der Waals surface area contributed by atoms with E-state index in [1.54, 1.807) is 29.6 Å². The lowest BCUT2D eigenvalue weighted by Crippen LogP contribution is -2.19. The monoisotopic (exact) mass is 397 g/mol. The van der Waals surface area contributed by atoms with Crippen molar-refractivity contribution >= 4 is 39.8 Å². The molecule has 0 bridgehead atoms. The predicted octanol–water partition coefficient (Wildman–Crippen LogP) is 6.13. The second-order valence-electron chi connectivity index (χ2n) is 5.20. The Bertz CT molecular complexity index is 926. The molecule has 0 spiro atoms. The van der Waals surface area contributed by atoms with Crippen LogP contribution in [0, 0.1) is 0 Å². The van der Waals surface area contributed by atoms with E-state index in [9.17, 15) is 18.0 Å². The smallest absolute Gasteiger partial charge is 0.308 e. The molecule has 3 aromatic rings. The molecule has 134 valence electrons. The maximum atomic E-state index is 12.7. The Morgan fingerprint density at radius 3 is 2.50 bits per heavy atom. The molecule has 2 amide bonds. The molecule has 1 heterocycles. The van der Waals surface area contributed by atoms with Gasteiger partial charge in [0, 0.05) is 21.7 Å². The van der Waals surface area contributed by atoms with Crippen molar-refractivity contribution in [1.29, 1.82) is 0 Å². The van der Waals surface area contributed by atoms with Crippen LogP contribution in [0.5, 0.6) is 0 Å². The van der Waals surface area contributed by atoms with Gasteiger partial charge in [-0.3, -0.25) is 5.32 Å². The number of carbonyl (C=O) groups excluding carboxylic acids is 1. The molecule has 0 atom stereocenters. The third-order valence-electron chi connectivity index (χ3n) is 3.31. The lowest BCUT2D eigenvalue weighted by atomic mass is 10.2. The number of rotatable bonds is 3. The number of urea groups is 1. The number of amides is 2. The zero-order valence-corrected chi connectivity index (χ0v) is 14.5. The van der Waals surface area contributed by atoms with Gasteiger partial charge in [-0.1, -0.05) is 29.8 Å². The normalized spacial score (nSPS) is 11.2. The van der Waals surface area contributed by atoms with E-state index in [0.29, 0.717) is 15.8 Å². The SMILES string of the molecule is O=C(Nc1cccc(C(F)(F)F)c1)Nc1nc(-c2ccc(Cl)cc2)cs1. The van der Waals surface area contributed by atoms with Gasteiger partial charge in [-0.15, -0.1) is 11.3 Å². The zero-order valence-electron chi connectivity index (χ0n) is 13.0. The number of halogens is 4. The molecule has 0 fully saturated rings. The third-order valence-corrected chi connectivity index (χ3v) is 4.32. The predicted molar refractivity (Wildman–Crippen MR) is 96.6 cm³/mol. The summed E-state index contributed by atoms with van der Waals surface area (Å²) in [5, 5.41) is 7.53. The van der Waals surface area contributed by atoms with Crippen molar-refractivity contribution < 1.29 is 18.0 Å². The van der Waals surface area contributed by atoms with Gasteiger partial charge >= 0.3 is 12.2 Å². The molecule has 0 radical (unpaired) electrons. The highest BCUT2D eigenvalue weighted by Gasteiger charge is 2.30. The van der Waals surface area contributed by atoms with Crippen molar-refractivity contribution in [2.45, 2.75) is 6.18 Å². The molecule has 0 saturated carbocycles. The van der Waals surface area contributed by atoms with Crippen LogP contribution in [0.4, 0.5) is 28.8 Å². The van der Waals surface area contributed by atoms with Gasteiger partial charge in [0.05, 0.1) is 11.3 Å². The van der Waals surface area contributed by atoms with E-state index in [-0.39, 0.29) is 5.69 Å². The number of hydrogen-bond donors (Lipinski definition) is 2. The van der Waals surface area contributed by atoms with Crippen molar-refractivity contribution in [3.8, 4) is 11.3 Å². The number of carbonyl (C=O) groups is 1. The van der Waals surface area contributed by atoms with Crippen LogP contribution in [-0.2, 0) is 6.18 Å². The van der Waals surface area contributed by atoms with Crippen LogP contribution in [0.3, 0.4) is 0 Å². The minimum Gasteiger partial charge on any atom is -0.308 e. The number of hydrogen-bond acceptors (Lipinski definition) is 3. The second-order valence-corrected chi connectivity index (χ2v) is 6.50. The van der Waals surface area contributed by atoms with Crippen LogP contribution in [0.25, 0.3) is 11.3 Å². The van der Waals surface area contributed by atoms with Gasteiger partial charge < -0.3 is 5.32 Å². The zero-order chi connectivity index (χ0) is 18.7. The summed E-state index contributed by atoms with van der Waals surface area (Å²) in [4.78, 5) is 16.3. The molecular formula is C17H11ClF3N3OS. The average Bonchev–Trinajstić information content (AvgIpc) is 3.03. The summed E-state index contributed by atoms with van der Waals surface area (Å²) >= 11 is 7.03. The fourth-order valence-corrected chi connectivity index (χ4v) is 2.96. The molecule has 0 unspecified atom stereocenters. The number of nitrogens with zero attached hydrogens (tertiary/aromatic N) is 1. The highest BCUT2D eigenvalue weighted by atomic mass is 35.5. The molecule has 0 aliphatic rings. The van der Waals surface area contributed by atoms with Crippen LogP contribution < -0.4 is 10.6 Å². The highest BCUT2D eigenvalue weighted by molar-refractivity contribution is 7.14. The molecule has 0 aliphatic heterocycles. The molecule has 4 nitrogen and oxygen atoms in total. The maximum Gasteiger partial charge on any atom is 0.416 e. The molecule has 2 aromatic carbocycles. The summed E-state index contributed by atoms with van der Waals surface area (Å²) in [6.07, 6.45) is -4.48. The number of thiazole rings is 1. The van der Waals surface area contributed by atoms with Gasteiger partial charge in [-0.2, -0.15) is 13.2 Å². The van der Waals surface area contributed by atoms with Gasteiger partial charge in [-0.05, 0) is 30.3 Å². The Morgan fingerprint density at radius 1 is 1.08 bits per heavy atom. The number of alkyl halides is 3. The first kappa shape index (κ1) is 18.2. The molecule has 1 aromatic heterocycles. The summed E-state index contributed by atoms with van der Waals surface area (Å²) in [5.74, 6) is 0. The Hall–Kier alpha value is -2.58. The third kappa shape index (κ3) is 4.53. The van der Waals surface area contributed by atoms with Crippen molar-refractivity contribution in [3.63, 3.8) is 0 Å². The molecule has 0 saturated heterocycles. The first-order chi connectivity index (χ1) is 12.3. The van der Waals surface area contributed by atoms with E-state index in [2.05, 4.69) is 15.6 Å². The maximum absolute atomic E-state index is 12.7. The van der Waals surface area contributed by atoms with E-state index >= 15 is 0 Å². The Morgan fingerprint density at radius 2 is 1.81 bits per heavy atom. The topological polar surface area (TPSA) is 54.0 Å². The van der Waals surface area contributed by atoms with Crippen LogP contribution in [0.15, 0.2) is 53.9 Å². The Balaban J connectivity index is 1.67. The van der Waals surface area contributed by atoms with Crippen LogP contribution in [-0.4, -0.2) is 11.0 Å². The fraction of sp³-hybridized carbons (Fsp3) is 0.0588. The van der Waals surface area contributed by atoms with Crippen molar-refractivity contribution in [3.05, 3.63) is 64.5 Å². The van der Waals surface area contributed by atoms with E-state index in [0.717, 1.165) is 17.7 Å². The molecule has 9 heteroatoms. The molecular weight excluding hydrogens is 387 g/mol. The van der Waals surface area contributed by atoms with E-state index in [1.165, 1.54) is 23.5 Å². The van der Waals surface area contributed by atoms with E-state index < -0.39 is 17.8 Å². The van der Waals surface area contributed by atoms with Crippen molar-refractivity contribution in [2.24, 2.45) is 0 Å². The van der Waals surface area contributed by atoms with Gasteiger partial charge in [0.25, 0.3) is 0 Å². The highest BCUT2D eigenvalue weighted by Crippen LogP contribution is 2.31. The largest absolute Gasteiger partial charge is 0.416 e. The fourth-order valence-electron chi connectivity index (χ4n) is 2.12. The molecule has 0 aliphatic carbocycles. The van der Waals surface area contributed by atoms with Gasteiger partial charge in [-0.25, -0.2) is 9.78 Å². The standard InChI is InChI=1S/C17H11ClF3N3OS/c18-12-6-4-10(5-7-12)14-9-26-16(23-14)24-15(25)22-13-3-1-2-11(8-13)17(19,20)21/h1-9H,(H2,22,23,24,25). The summed E-state index contributed by atoms with van der Waals surface area (Å²) in [5.41, 5.74) is 0.680. The first-order valence-corrected chi connectivity index (χ1v) is 8.54. The quantitative estimate of drug-likeness (QED) is 0.558. The van der Waals surface area contributed by atoms with Crippen LogP contribution >= 0.6 is 22.9 Å². The lowest BCUT2D eigenvalue weighted by molar-refractivity contribution is -0.137. The van der Waals surface area contributed by atoms with Crippen molar-refractivity contribution in [2.75, 3.05) is 10.6 Å². The Labute approximate surface area is 155 Å². The van der Waals surface area contributed by atoms with E-state index in [4.69, 9.17) is 11.6 Å². The minimum absolute atomic E-state index is 0.0341. The Kier molecular flexibility index (Phi) is 5.15. The summed E-state index contributed by atoms with van der Waals surface area (Å²) in [6.45, 7) is 0. The molecule has 2 N–H and O–H groups in total. The van der Waals surface area contributed by atoms with Crippen LogP contribution in [0.2, 0.25) is 5.02 Å². The average molecular weight is 398 g/mol. The number of nitrogens with one attached hydrogen (secondary N) is 2. The van der Waals surface area contributed by atoms with Gasteiger partial charge in [0.15, 0.2) is 5.13 Å². The van der Waals surface area contributed by atoms with Gasteiger partial charge in [0.2, 0.25) is 0 Å². The molecule has 3 rings (SSSR count). The van der Waals surface area contributed by atoms with Crippen LogP contribution in [0.1, 0.15) is 5.56 Å². The van der Waals surface area contributed by atoms with Gasteiger partial charge in [0.1, 0.15) is 0 Å². The minimum atomic E-state index is -4.48. The summed E-state index contributed by atoms with van der Waals surface area (Å²) < 4.78 is 38.1. The summed E-state index contributed by atoms with van der Waals surface area (Å²) in [6, 6.07) is 10.8. The first-order valence-electron chi connectivity index (χ1n) is 7.28. The number of anilines is 2. The summed E-state index contributed by atoms with van der Waals surface area (Å²) in [7, 11) is 0. The molecule has 26 heavy (non-hydrogen) atoms. The lowest BCUT2D eigenvalue weighted by Gasteiger charge is -2.09. The van der Waals surface area contributed by atoms with E-state index in [1.807, 2.05) is 0 Å². The van der Waals surface area contributed by atoms with Crippen molar-refractivity contribution in [1.82, 2.24) is 4.98 Å². The number of benzene rings is 2. The second kappa shape index (κ2) is 7.35.